The molecule has 12 aromatic rings. The number of nitrogens with zero attached hydrogens (tertiary/aromatic N) is 3. The number of rotatable bonds is 7. The summed E-state index contributed by atoms with van der Waals surface area (Å²) >= 11 is 0. The van der Waals surface area contributed by atoms with Crippen LogP contribution < -0.4 is 0 Å². The molecule has 12 rings (SSSR count). The first-order valence-electron chi connectivity index (χ1n) is 21.9. The molecule has 0 unspecified atom stereocenters. The lowest BCUT2D eigenvalue weighted by molar-refractivity contribution is 0.511. The second kappa shape index (κ2) is 15.7. The molecule has 0 radical (unpaired) electrons. The van der Waals surface area contributed by atoms with Gasteiger partial charge in [0.1, 0.15) is 11.6 Å². The molecule has 0 bridgehead atoms. The van der Waals surface area contributed by atoms with Crippen molar-refractivity contribution in [3.63, 3.8) is 0 Å². The number of hydrogen-bond acceptors (Lipinski definition) is 1. The van der Waals surface area contributed by atoms with Crippen molar-refractivity contribution in [2.75, 3.05) is 0 Å². The Hall–Kier alpha value is -8.85. The molecule has 0 saturated carbocycles. The monoisotopic (exact) mass is 849 g/mol. The van der Waals surface area contributed by atoms with Crippen molar-refractivity contribution in [3.05, 3.63) is 242 Å². The van der Waals surface area contributed by atoms with Crippen LogP contribution in [0.1, 0.15) is 5.56 Å². The predicted octanol–water partition coefficient (Wildman–Crippen LogP) is 16.4. The average Bonchev–Trinajstić information content (AvgIpc) is 3.89. The fraction of sp³-hybridized carbons (Fsp3) is 0. The van der Waals surface area contributed by atoms with Gasteiger partial charge >= 0.3 is 0 Å². The third-order valence-corrected chi connectivity index (χ3v) is 12.9. The van der Waals surface area contributed by atoms with Crippen LogP contribution in [0, 0.1) is 23.0 Å². The molecule has 0 spiro atoms. The van der Waals surface area contributed by atoms with Crippen LogP contribution in [0.15, 0.2) is 224 Å². The van der Waals surface area contributed by atoms with E-state index in [0.717, 1.165) is 94.2 Å². The zero-order chi connectivity index (χ0) is 44.3. The minimum atomic E-state index is -0.955. The Morgan fingerprint density at radius 3 is 0.970 bits per heavy atom. The molecule has 2 heterocycles. The number of fused-ring (bicyclic) bond motifs is 6. The van der Waals surface area contributed by atoms with Crippen molar-refractivity contribution < 1.29 is 8.78 Å². The van der Waals surface area contributed by atoms with Gasteiger partial charge in [0.05, 0.1) is 33.4 Å². The van der Waals surface area contributed by atoms with Crippen LogP contribution >= 0.6 is 0 Å². The van der Waals surface area contributed by atoms with Gasteiger partial charge in [0.25, 0.3) is 0 Å². The first-order valence-corrected chi connectivity index (χ1v) is 21.9. The Morgan fingerprint density at radius 1 is 0.318 bits per heavy atom. The highest BCUT2D eigenvalue weighted by Gasteiger charge is 2.25. The van der Waals surface area contributed by atoms with Gasteiger partial charge in [0.2, 0.25) is 0 Å². The van der Waals surface area contributed by atoms with Gasteiger partial charge in [0, 0.05) is 27.1 Å². The second-order valence-electron chi connectivity index (χ2n) is 16.7. The lowest BCUT2D eigenvalue weighted by Gasteiger charge is -2.19. The molecular formula is C61H37F2N3. The number of nitriles is 1. The number of aromatic nitrogens is 2. The zero-order valence-corrected chi connectivity index (χ0v) is 35.5. The Morgan fingerprint density at radius 2 is 0.652 bits per heavy atom. The van der Waals surface area contributed by atoms with E-state index < -0.39 is 11.6 Å². The molecule has 0 fully saturated rings. The van der Waals surface area contributed by atoms with E-state index in [1.165, 1.54) is 6.07 Å². The van der Waals surface area contributed by atoms with E-state index in [4.69, 9.17) is 0 Å². The van der Waals surface area contributed by atoms with Crippen LogP contribution in [0.4, 0.5) is 8.78 Å². The van der Waals surface area contributed by atoms with Gasteiger partial charge in [-0.25, -0.2) is 8.78 Å². The quantitative estimate of drug-likeness (QED) is 0.157. The van der Waals surface area contributed by atoms with E-state index in [9.17, 15) is 5.26 Å². The standard InChI is InChI=1S/C61H37F2N3/c62-54-23-13-22-48(61(54)63)47-36-59(65-55-28-24-43(39-14-5-1-6-15-39)32-49(55)50-33-44(25-29-56(50)65)40-16-7-2-8-17-40)53(38-64)60(37-47)66-57-30-26-45(41-18-9-3-10-19-41)34-51(57)52-35-46(27-31-58(52)66)42-20-11-4-12-21-42/h1-37H. The van der Waals surface area contributed by atoms with Crippen LogP contribution in [-0.4, -0.2) is 9.13 Å². The Bertz CT molecular complexity index is 3470. The van der Waals surface area contributed by atoms with Crippen LogP contribution in [0.25, 0.3) is 111 Å². The summed E-state index contributed by atoms with van der Waals surface area (Å²) in [5.41, 5.74) is 14.0. The molecular weight excluding hydrogens is 813 g/mol. The van der Waals surface area contributed by atoms with E-state index in [1.807, 2.05) is 84.9 Å². The Kier molecular flexibility index (Phi) is 9.25. The molecule has 0 amide bonds. The van der Waals surface area contributed by atoms with E-state index >= 15 is 8.78 Å². The molecule has 0 N–H and O–H groups in total. The number of hydrogen-bond donors (Lipinski definition) is 0. The van der Waals surface area contributed by atoms with E-state index in [2.05, 4.69) is 137 Å². The molecule has 0 aliphatic heterocycles. The summed E-state index contributed by atoms with van der Waals surface area (Å²) < 4.78 is 35.7. The SMILES string of the molecule is N#Cc1c(-n2c3ccc(-c4ccccc4)cc3c3cc(-c4ccccc4)ccc32)cc(-c2cccc(F)c2F)cc1-n1c2ccc(-c3ccccc3)cc2c2cc(-c3ccccc3)ccc21. The largest absolute Gasteiger partial charge is 0.308 e. The minimum Gasteiger partial charge on any atom is -0.308 e. The molecule has 0 saturated heterocycles. The first-order chi connectivity index (χ1) is 32.5. The Balaban J connectivity index is 1.19. The fourth-order valence-electron chi connectivity index (χ4n) is 9.77. The van der Waals surface area contributed by atoms with Crippen molar-refractivity contribution in [2.24, 2.45) is 0 Å². The van der Waals surface area contributed by atoms with Gasteiger partial charge in [-0.05, 0) is 117 Å². The van der Waals surface area contributed by atoms with Gasteiger partial charge < -0.3 is 9.13 Å². The van der Waals surface area contributed by atoms with Gasteiger partial charge in [-0.15, -0.1) is 0 Å². The molecule has 2 aromatic heterocycles. The maximum Gasteiger partial charge on any atom is 0.166 e. The topological polar surface area (TPSA) is 33.6 Å². The van der Waals surface area contributed by atoms with Crippen LogP contribution in [0.5, 0.6) is 0 Å². The van der Waals surface area contributed by atoms with Gasteiger partial charge in [0.15, 0.2) is 11.6 Å². The minimum absolute atomic E-state index is 0.0963. The van der Waals surface area contributed by atoms with Gasteiger partial charge in [-0.1, -0.05) is 158 Å². The summed E-state index contributed by atoms with van der Waals surface area (Å²) in [4.78, 5) is 0. The molecule has 5 heteroatoms. The summed E-state index contributed by atoms with van der Waals surface area (Å²) in [7, 11) is 0. The van der Waals surface area contributed by atoms with E-state index in [1.54, 1.807) is 6.07 Å². The second-order valence-corrected chi connectivity index (χ2v) is 16.7. The van der Waals surface area contributed by atoms with Crippen molar-refractivity contribution in [1.29, 1.82) is 5.26 Å². The summed E-state index contributed by atoms with van der Waals surface area (Å²) in [5.74, 6) is -1.90. The molecule has 0 atom stereocenters. The summed E-state index contributed by atoms with van der Waals surface area (Å²) in [6.45, 7) is 0. The van der Waals surface area contributed by atoms with Crippen molar-refractivity contribution in [3.8, 4) is 73.1 Å². The van der Waals surface area contributed by atoms with Crippen LogP contribution in [-0.2, 0) is 0 Å². The summed E-state index contributed by atoms with van der Waals surface area (Å²) in [6.07, 6.45) is 0. The molecule has 66 heavy (non-hydrogen) atoms. The maximum absolute atomic E-state index is 16.2. The van der Waals surface area contributed by atoms with E-state index in [0.29, 0.717) is 22.5 Å². The molecule has 0 aliphatic rings. The van der Waals surface area contributed by atoms with Crippen LogP contribution in [0.2, 0.25) is 0 Å². The van der Waals surface area contributed by atoms with Gasteiger partial charge in [-0.2, -0.15) is 5.26 Å². The molecule has 310 valence electrons. The highest BCUT2D eigenvalue weighted by molar-refractivity contribution is 6.14. The van der Waals surface area contributed by atoms with Crippen molar-refractivity contribution >= 4 is 43.6 Å². The third kappa shape index (κ3) is 6.38. The smallest absolute Gasteiger partial charge is 0.166 e. The highest BCUT2D eigenvalue weighted by Crippen LogP contribution is 2.43. The Labute approximate surface area is 379 Å². The van der Waals surface area contributed by atoms with E-state index in [-0.39, 0.29) is 5.56 Å². The summed E-state index contributed by atoms with van der Waals surface area (Å²) in [6, 6.07) is 77.4. The molecule has 0 aliphatic carbocycles. The third-order valence-electron chi connectivity index (χ3n) is 12.9. The lowest BCUT2D eigenvalue weighted by atomic mass is 9.99. The number of halogens is 2. The fourth-order valence-corrected chi connectivity index (χ4v) is 9.77. The normalized spacial score (nSPS) is 11.5. The summed E-state index contributed by atoms with van der Waals surface area (Å²) in [5, 5.41) is 15.6. The predicted molar refractivity (Wildman–Crippen MR) is 267 cm³/mol. The first kappa shape index (κ1) is 38.8. The van der Waals surface area contributed by atoms with Gasteiger partial charge in [-0.3, -0.25) is 0 Å². The van der Waals surface area contributed by atoms with Crippen molar-refractivity contribution in [1.82, 2.24) is 9.13 Å². The number of benzene rings is 10. The zero-order valence-electron chi connectivity index (χ0n) is 35.5. The van der Waals surface area contributed by atoms with Crippen molar-refractivity contribution in [2.45, 2.75) is 0 Å². The molecule has 3 nitrogen and oxygen atoms in total. The maximum atomic E-state index is 16.2. The molecule has 10 aromatic carbocycles. The highest BCUT2D eigenvalue weighted by atomic mass is 19.2. The van der Waals surface area contributed by atoms with Crippen LogP contribution in [0.3, 0.4) is 0 Å². The average molecular weight is 850 g/mol. The lowest BCUT2D eigenvalue weighted by Crippen LogP contribution is -2.06.